The zero-order chi connectivity index (χ0) is 38.4. The summed E-state index contributed by atoms with van der Waals surface area (Å²) in [7, 11) is 0.985. The Bertz CT molecular complexity index is 1200. The Kier molecular flexibility index (Phi) is 12.6. The van der Waals surface area contributed by atoms with Crippen LogP contribution in [0.25, 0.3) is 0 Å². The van der Waals surface area contributed by atoms with Gasteiger partial charge in [0.05, 0.1) is 13.0 Å². The number of carbonyl (C=O) groups excluding carboxylic acids is 1. The highest BCUT2D eigenvalue weighted by molar-refractivity contribution is 8.01. The molecule has 2 bridgehead atoms. The van der Waals surface area contributed by atoms with Crippen molar-refractivity contribution < 1.29 is 94.1 Å². The van der Waals surface area contributed by atoms with Crippen molar-refractivity contribution in [1.29, 1.82) is 0 Å². The van der Waals surface area contributed by atoms with E-state index in [4.69, 9.17) is 4.74 Å². The minimum atomic E-state index is -8.69. The molecule has 0 aromatic heterocycles. The van der Waals surface area contributed by atoms with Crippen LogP contribution in [0.5, 0.6) is 0 Å². The van der Waals surface area contributed by atoms with Crippen molar-refractivity contribution in [3.8, 4) is 0 Å². The highest BCUT2D eigenvalue weighted by Crippen LogP contribution is 2.66. The summed E-state index contributed by atoms with van der Waals surface area (Å²) in [6.45, 7) is 1.92. The first kappa shape index (κ1) is 43.6. The van der Waals surface area contributed by atoms with Crippen LogP contribution >= 0.6 is 23.5 Å². The van der Waals surface area contributed by atoms with E-state index in [-0.39, 0.29) is 24.6 Å². The number of methoxy groups -OCH3 is 1. The van der Waals surface area contributed by atoms with Crippen molar-refractivity contribution in [2.45, 2.75) is 110 Å². The Morgan fingerprint density at radius 1 is 0.714 bits per heavy atom. The summed E-state index contributed by atoms with van der Waals surface area (Å²) in [5, 5.41) is 8.94. The van der Waals surface area contributed by atoms with Gasteiger partial charge in [0.1, 0.15) is 4.75 Å². The number of carbonyl (C=O) groups is 2. The molecule has 0 spiro atoms. The van der Waals surface area contributed by atoms with Gasteiger partial charge in [-0.25, -0.2) is 0 Å². The summed E-state index contributed by atoms with van der Waals surface area (Å²) in [6.07, 6.45) is -7.61. The predicted octanol–water partition coefficient (Wildman–Crippen LogP) is 9.45. The van der Waals surface area contributed by atoms with Crippen LogP contribution in [-0.2, 0) is 14.3 Å². The molecule has 5 unspecified atom stereocenters. The fourth-order valence-corrected chi connectivity index (χ4v) is 9.38. The zero-order valence-electron chi connectivity index (χ0n) is 25.1. The van der Waals surface area contributed by atoms with E-state index in [1.165, 1.54) is 0 Å². The second kappa shape index (κ2) is 14.1. The van der Waals surface area contributed by atoms with Gasteiger partial charge in [-0.3, -0.25) is 9.59 Å². The van der Waals surface area contributed by atoms with E-state index in [1.54, 1.807) is 0 Å². The maximum absolute atomic E-state index is 14.4. The van der Waals surface area contributed by atoms with E-state index in [0.717, 1.165) is 38.1 Å². The topological polar surface area (TPSA) is 63.6 Å². The lowest BCUT2D eigenvalue weighted by Crippen LogP contribution is -2.74. The molecule has 0 aromatic rings. The van der Waals surface area contributed by atoms with Gasteiger partial charge in [-0.15, -0.1) is 11.8 Å². The molecule has 5 atom stereocenters. The molecule has 4 nitrogen and oxygen atoms in total. The van der Waals surface area contributed by atoms with E-state index in [0.29, 0.717) is 12.2 Å². The highest BCUT2D eigenvalue weighted by atomic mass is 32.2. The minimum absolute atomic E-state index is 0.0333. The molecule has 2 rings (SSSR count). The van der Waals surface area contributed by atoms with E-state index >= 15 is 0 Å². The number of hydrogen-bond donors (Lipinski definition) is 1. The van der Waals surface area contributed by atoms with Crippen molar-refractivity contribution in [1.82, 2.24) is 0 Å². The number of halogens is 17. The summed E-state index contributed by atoms with van der Waals surface area (Å²) in [4.78, 5) is 25.2. The molecule has 2 saturated carbocycles. The Morgan fingerprint density at radius 2 is 1.20 bits per heavy atom. The quantitative estimate of drug-likeness (QED) is 0.0849. The molecule has 1 N–H and O–H groups in total. The number of aliphatic carboxylic acids is 1. The summed E-state index contributed by atoms with van der Waals surface area (Å²) in [5.41, 5.74) is 0. The largest absolute Gasteiger partial charge is 0.481 e. The molecule has 23 heteroatoms. The number of rotatable bonds is 18. The van der Waals surface area contributed by atoms with Crippen molar-refractivity contribution >= 4 is 35.5 Å². The number of fused-ring (bicyclic) bond motifs is 2. The standard InChI is InChI=1S/C26H29F17O4S2/c1-3-4-5-6-8-49-19(17(46)47-2)12-10-13(15(19)16(44)45)14(11-12)48-9-7-18(27,28)20(29,30)21(31,32)22(33,34)23(35,36)24(37,38)25(39,40)26(41,42)43/h12-15H,3-11H2,1-2H3,(H,44,45). The molecule has 2 aliphatic rings. The Morgan fingerprint density at radius 3 is 1.65 bits per heavy atom. The highest BCUT2D eigenvalue weighted by Gasteiger charge is 2.95. The van der Waals surface area contributed by atoms with Crippen LogP contribution in [0.1, 0.15) is 51.9 Å². The molecule has 49 heavy (non-hydrogen) atoms. The minimum Gasteiger partial charge on any atom is -0.481 e. The van der Waals surface area contributed by atoms with Gasteiger partial charge >= 0.3 is 59.6 Å². The maximum Gasteiger partial charge on any atom is 0.460 e. The summed E-state index contributed by atoms with van der Waals surface area (Å²) >= 11 is 1.23. The van der Waals surface area contributed by atoms with E-state index in [2.05, 4.69) is 0 Å². The van der Waals surface area contributed by atoms with E-state index < -0.39 is 99.5 Å². The van der Waals surface area contributed by atoms with Crippen LogP contribution in [0.2, 0.25) is 0 Å². The molecule has 0 amide bonds. The molecule has 0 saturated heterocycles. The first-order valence-corrected chi connectivity index (χ1v) is 16.2. The fourth-order valence-electron chi connectivity index (χ4n) is 6.04. The number of carboxylic acids is 1. The van der Waals surface area contributed by atoms with Gasteiger partial charge < -0.3 is 9.84 Å². The van der Waals surface area contributed by atoms with E-state index in [1.807, 2.05) is 6.92 Å². The molecule has 2 aliphatic carbocycles. The summed E-state index contributed by atoms with van der Waals surface area (Å²) < 4.78 is 234. The molecule has 2 fully saturated rings. The van der Waals surface area contributed by atoms with Gasteiger partial charge in [-0.1, -0.05) is 26.2 Å². The monoisotopic (exact) mass is 792 g/mol. The lowest BCUT2D eigenvalue weighted by molar-refractivity contribution is -0.461. The van der Waals surface area contributed by atoms with Crippen LogP contribution in [0.3, 0.4) is 0 Å². The third-order valence-electron chi connectivity index (χ3n) is 8.69. The van der Waals surface area contributed by atoms with Crippen molar-refractivity contribution in [3.63, 3.8) is 0 Å². The third kappa shape index (κ3) is 6.77. The number of esters is 1. The number of thioether (sulfide) groups is 2. The lowest BCUT2D eigenvalue weighted by atomic mass is 9.78. The van der Waals surface area contributed by atoms with Crippen molar-refractivity contribution in [2.24, 2.45) is 17.8 Å². The number of unbranched alkanes of at least 4 members (excludes halogenated alkanes) is 3. The molecule has 0 aromatic carbocycles. The van der Waals surface area contributed by atoms with Gasteiger partial charge in [-0.05, 0) is 42.6 Å². The molecule has 0 aliphatic heterocycles. The SMILES string of the molecule is CCCCCCSC1(C(=O)OC)C2CC(SCCC(F)(F)C(F)(F)C(F)(F)C(F)(F)C(F)(F)C(F)(F)C(F)(F)C(F)(F)F)C(C2)C1C(=O)O. The second-order valence-electron chi connectivity index (χ2n) is 11.6. The van der Waals surface area contributed by atoms with Gasteiger partial charge in [0.2, 0.25) is 0 Å². The van der Waals surface area contributed by atoms with Crippen LogP contribution < -0.4 is 0 Å². The van der Waals surface area contributed by atoms with Crippen LogP contribution in [0.4, 0.5) is 74.6 Å². The number of alkyl halides is 17. The first-order chi connectivity index (χ1) is 21.9. The first-order valence-electron chi connectivity index (χ1n) is 14.2. The number of carboxylic acid groups (broad SMARTS) is 1. The van der Waals surface area contributed by atoms with Crippen molar-refractivity contribution in [2.75, 3.05) is 18.6 Å². The molecular weight excluding hydrogens is 763 g/mol. The molecular formula is C26H29F17O4S2. The number of ether oxygens (including phenoxy) is 1. The normalized spacial score (nSPS) is 25.9. The fraction of sp³-hybridized carbons (Fsp3) is 0.923. The van der Waals surface area contributed by atoms with Crippen LogP contribution in [-0.4, -0.2) is 93.3 Å². The van der Waals surface area contributed by atoms with Gasteiger partial charge in [0.15, 0.2) is 0 Å². The maximum atomic E-state index is 14.4. The van der Waals surface area contributed by atoms with Crippen LogP contribution in [0, 0.1) is 17.8 Å². The lowest BCUT2D eigenvalue weighted by Gasteiger charge is -2.43. The molecule has 0 heterocycles. The molecule has 288 valence electrons. The summed E-state index contributed by atoms with van der Waals surface area (Å²) in [6, 6.07) is 0. The summed E-state index contributed by atoms with van der Waals surface area (Å²) in [5.74, 6) is -63.7. The van der Waals surface area contributed by atoms with E-state index in [9.17, 15) is 89.3 Å². The average Bonchev–Trinajstić information content (AvgIpc) is 3.52. The van der Waals surface area contributed by atoms with Gasteiger partial charge in [0, 0.05) is 11.7 Å². The third-order valence-corrected chi connectivity index (χ3v) is 11.8. The molecule has 0 radical (unpaired) electrons. The zero-order valence-corrected chi connectivity index (χ0v) is 26.7. The average molecular weight is 793 g/mol. The smallest absolute Gasteiger partial charge is 0.460 e. The Hall–Kier alpha value is -1.55. The number of hydrogen-bond acceptors (Lipinski definition) is 5. The Balaban J connectivity index is 2.29. The predicted molar refractivity (Wildman–Crippen MR) is 140 cm³/mol. The Labute approximate surface area is 275 Å². The van der Waals surface area contributed by atoms with Crippen molar-refractivity contribution in [3.05, 3.63) is 0 Å². The second-order valence-corrected chi connectivity index (χ2v) is 14.4. The van der Waals surface area contributed by atoms with Gasteiger partial charge in [0.25, 0.3) is 0 Å². The van der Waals surface area contributed by atoms with Crippen LogP contribution in [0.15, 0.2) is 0 Å². The van der Waals surface area contributed by atoms with Gasteiger partial charge in [-0.2, -0.15) is 86.4 Å².